The van der Waals surface area contributed by atoms with Gasteiger partial charge in [0, 0.05) is 23.7 Å². The van der Waals surface area contributed by atoms with Crippen molar-refractivity contribution in [2.45, 2.75) is 31.2 Å². The molecular formula is C19H21FN4O4. The van der Waals surface area contributed by atoms with E-state index in [1.165, 1.54) is 26.4 Å². The number of likely N-dealkylation sites (tertiary alicyclic amines) is 1. The number of methoxy groups -OCH3 is 2. The number of aromatic nitrogens is 3. The molecule has 0 unspecified atom stereocenters. The van der Waals surface area contributed by atoms with Crippen LogP contribution in [0.15, 0.2) is 18.3 Å². The van der Waals surface area contributed by atoms with E-state index in [-0.39, 0.29) is 40.5 Å². The van der Waals surface area contributed by atoms with E-state index in [1.54, 1.807) is 4.90 Å². The third kappa shape index (κ3) is 3.10. The Bertz CT molecular complexity index is 924. The summed E-state index contributed by atoms with van der Waals surface area (Å²) in [6.45, 7) is 0.470. The highest BCUT2D eigenvalue weighted by molar-refractivity contribution is 5.94. The number of esters is 1. The van der Waals surface area contributed by atoms with Gasteiger partial charge in [0.15, 0.2) is 11.5 Å². The maximum absolute atomic E-state index is 14.1. The number of nitrogens with one attached hydrogen (secondary N) is 1. The van der Waals surface area contributed by atoms with Crippen LogP contribution in [0.2, 0.25) is 0 Å². The minimum Gasteiger partial charge on any atom is -0.481 e. The molecule has 8 nitrogen and oxygen atoms in total. The first kappa shape index (κ1) is 18.4. The van der Waals surface area contributed by atoms with Crippen LogP contribution in [-0.4, -0.2) is 58.3 Å². The van der Waals surface area contributed by atoms with Crippen molar-refractivity contribution in [3.8, 4) is 17.1 Å². The molecule has 28 heavy (non-hydrogen) atoms. The second kappa shape index (κ2) is 6.88. The molecule has 1 aliphatic heterocycles. The summed E-state index contributed by atoms with van der Waals surface area (Å²) in [5.41, 5.74) is 0.520. The van der Waals surface area contributed by atoms with E-state index in [0.29, 0.717) is 25.1 Å². The minimum absolute atomic E-state index is 0.176. The van der Waals surface area contributed by atoms with Crippen molar-refractivity contribution in [3.05, 3.63) is 29.8 Å². The number of hydrogen-bond donors (Lipinski definition) is 1. The zero-order valence-electron chi connectivity index (χ0n) is 15.7. The van der Waals surface area contributed by atoms with Crippen molar-refractivity contribution >= 4 is 11.9 Å². The third-order valence-corrected chi connectivity index (χ3v) is 5.63. The molecule has 2 aliphatic rings. The fraction of sp³-hybridized carbons (Fsp3) is 0.474. The first-order valence-corrected chi connectivity index (χ1v) is 9.12. The van der Waals surface area contributed by atoms with E-state index in [9.17, 15) is 14.0 Å². The number of carbonyl (C=O) groups is 2. The van der Waals surface area contributed by atoms with Crippen molar-refractivity contribution in [2.75, 3.05) is 20.8 Å². The molecule has 1 saturated carbocycles. The SMILES string of the molecule is COC(=O)[C@H]1CCN(C(=O)c2cc(-c3cc(OC)ncc3F)[nH]n2)C2(CC2)C1. The topological polar surface area (TPSA) is 97.4 Å². The molecule has 148 valence electrons. The monoisotopic (exact) mass is 388 g/mol. The van der Waals surface area contributed by atoms with Gasteiger partial charge in [0.2, 0.25) is 5.88 Å². The molecule has 2 aromatic rings. The van der Waals surface area contributed by atoms with Gasteiger partial charge in [0.25, 0.3) is 5.91 Å². The van der Waals surface area contributed by atoms with E-state index in [0.717, 1.165) is 19.0 Å². The average Bonchev–Trinajstić information content (AvgIpc) is 3.29. The quantitative estimate of drug-likeness (QED) is 0.807. The van der Waals surface area contributed by atoms with Crippen molar-refractivity contribution in [3.63, 3.8) is 0 Å². The van der Waals surface area contributed by atoms with Gasteiger partial charge in [0.1, 0.15) is 0 Å². The molecule has 2 fully saturated rings. The molecule has 0 radical (unpaired) electrons. The zero-order valence-corrected chi connectivity index (χ0v) is 15.7. The van der Waals surface area contributed by atoms with Crippen LogP contribution in [0.1, 0.15) is 36.2 Å². The summed E-state index contributed by atoms with van der Waals surface area (Å²) >= 11 is 0. The Morgan fingerprint density at radius 3 is 2.79 bits per heavy atom. The van der Waals surface area contributed by atoms with Gasteiger partial charge in [-0.25, -0.2) is 9.37 Å². The van der Waals surface area contributed by atoms with Crippen LogP contribution < -0.4 is 4.74 Å². The summed E-state index contributed by atoms with van der Waals surface area (Å²) in [4.78, 5) is 30.5. The Hall–Kier alpha value is -2.97. The van der Waals surface area contributed by atoms with E-state index in [2.05, 4.69) is 15.2 Å². The van der Waals surface area contributed by atoms with Gasteiger partial charge >= 0.3 is 5.97 Å². The number of hydrogen-bond acceptors (Lipinski definition) is 6. The Kier molecular flexibility index (Phi) is 4.52. The number of halogens is 1. The molecule has 2 aromatic heterocycles. The number of amides is 1. The van der Waals surface area contributed by atoms with Crippen molar-refractivity contribution in [2.24, 2.45) is 5.92 Å². The average molecular weight is 388 g/mol. The third-order valence-electron chi connectivity index (χ3n) is 5.63. The summed E-state index contributed by atoms with van der Waals surface area (Å²) in [5.74, 6) is -0.890. The number of carbonyl (C=O) groups excluding carboxylic acids is 2. The number of aromatic amines is 1. The van der Waals surface area contributed by atoms with Crippen molar-refractivity contribution in [1.82, 2.24) is 20.1 Å². The number of rotatable bonds is 4. The standard InChI is InChI=1S/C19H21FN4O4/c1-27-16-7-12(13(20)10-21-16)14-8-15(23-22-14)17(25)24-6-3-11(18(26)28-2)9-19(24)4-5-19/h7-8,10-11H,3-6,9H2,1-2H3,(H,22,23)/t11-/m0/s1. The fourth-order valence-electron chi connectivity index (χ4n) is 3.94. The molecule has 1 aliphatic carbocycles. The zero-order chi connectivity index (χ0) is 19.9. The van der Waals surface area contributed by atoms with Crippen molar-refractivity contribution < 1.29 is 23.5 Å². The van der Waals surface area contributed by atoms with Crippen LogP contribution in [-0.2, 0) is 9.53 Å². The highest BCUT2D eigenvalue weighted by atomic mass is 19.1. The largest absolute Gasteiger partial charge is 0.481 e. The molecule has 1 amide bonds. The number of pyridine rings is 1. The predicted molar refractivity (Wildman–Crippen MR) is 96.1 cm³/mol. The lowest BCUT2D eigenvalue weighted by Gasteiger charge is -2.38. The van der Waals surface area contributed by atoms with E-state index in [1.807, 2.05) is 0 Å². The van der Waals surface area contributed by atoms with Crippen LogP contribution in [0, 0.1) is 11.7 Å². The second-order valence-electron chi connectivity index (χ2n) is 7.27. The number of ether oxygens (including phenoxy) is 2. The predicted octanol–water partition coefficient (Wildman–Crippen LogP) is 2.18. The maximum Gasteiger partial charge on any atom is 0.308 e. The molecular weight excluding hydrogens is 367 g/mol. The van der Waals surface area contributed by atoms with E-state index < -0.39 is 5.82 Å². The van der Waals surface area contributed by atoms with Crippen LogP contribution >= 0.6 is 0 Å². The molecule has 1 saturated heterocycles. The smallest absolute Gasteiger partial charge is 0.308 e. The van der Waals surface area contributed by atoms with Gasteiger partial charge in [-0.1, -0.05) is 0 Å². The first-order valence-electron chi connectivity index (χ1n) is 9.12. The highest BCUT2D eigenvalue weighted by Crippen LogP contribution is 2.50. The van der Waals surface area contributed by atoms with Crippen LogP contribution in [0.5, 0.6) is 5.88 Å². The lowest BCUT2D eigenvalue weighted by Crippen LogP contribution is -2.49. The summed E-state index contributed by atoms with van der Waals surface area (Å²) < 4.78 is 24.0. The molecule has 0 aromatic carbocycles. The second-order valence-corrected chi connectivity index (χ2v) is 7.27. The fourth-order valence-corrected chi connectivity index (χ4v) is 3.94. The summed E-state index contributed by atoms with van der Waals surface area (Å²) in [5, 5.41) is 6.82. The lowest BCUT2D eigenvalue weighted by atomic mass is 9.88. The van der Waals surface area contributed by atoms with E-state index in [4.69, 9.17) is 9.47 Å². The van der Waals surface area contributed by atoms with Crippen LogP contribution in [0.25, 0.3) is 11.3 Å². The number of nitrogens with zero attached hydrogens (tertiary/aromatic N) is 3. The van der Waals surface area contributed by atoms with Crippen molar-refractivity contribution in [1.29, 1.82) is 0 Å². The molecule has 3 heterocycles. The van der Waals surface area contributed by atoms with Gasteiger partial charge in [-0.15, -0.1) is 0 Å². The normalized spacial score (nSPS) is 20.1. The van der Waals surface area contributed by atoms with Gasteiger partial charge in [0.05, 0.1) is 32.0 Å². The maximum atomic E-state index is 14.1. The number of H-pyrrole nitrogens is 1. The van der Waals surface area contributed by atoms with Gasteiger partial charge < -0.3 is 14.4 Å². The Labute approximate surface area is 161 Å². The van der Waals surface area contributed by atoms with Crippen LogP contribution in [0.4, 0.5) is 4.39 Å². The molecule has 0 bridgehead atoms. The highest BCUT2D eigenvalue weighted by Gasteiger charge is 2.55. The number of piperidine rings is 1. The Balaban J connectivity index is 1.55. The van der Waals surface area contributed by atoms with Gasteiger partial charge in [-0.05, 0) is 31.7 Å². The van der Waals surface area contributed by atoms with Gasteiger partial charge in [-0.2, -0.15) is 5.10 Å². The lowest BCUT2D eigenvalue weighted by molar-refractivity contribution is -0.147. The Morgan fingerprint density at radius 2 is 2.11 bits per heavy atom. The summed E-state index contributed by atoms with van der Waals surface area (Å²) in [6.07, 6.45) is 3.96. The Morgan fingerprint density at radius 1 is 1.32 bits per heavy atom. The minimum atomic E-state index is -0.541. The molecule has 1 N–H and O–H groups in total. The molecule has 1 atom stereocenters. The van der Waals surface area contributed by atoms with E-state index >= 15 is 0 Å². The van der Waals surface area contributed by atoms with Gasteiger partial charge in [-0.3, -0.25) is 14.7 Å². The molecule has 4 rings (SSSR count). The summed E-state index contributed by atoms with van der Waals surface area (Å²) in [6, 6.07) is 2.98. The summed E-state index contributed by atoms with van der Waals surface area (Å²) in [7, 11) is 2.83. The molecule has 9 heteroatoms. The first-order chi connectivity index (χ1) is 13.5. The van der Waals surface area contributed by atoms with Crippen LogP contribution in [0.3, 0.4) is 0 Å². The molecule has 1 spiro atoms.